The van der Waals surface area contributed by atoms with Crippen molar-refractivity contribution >= 4 is 0 Å². The average molecular weight is 239 g/mol. The van der Waals surface area contributed by atoms with Gasteiger partial charge < -0.3 is 10.1 Å². The molecule has 6 nitrogen and oxygen atoms in total. The van der Waals surface area contributed by atoms with E-state index in [-0.39, 0.29) is 6.10 Å². The van der Waals surface area contributed by atoms with Gasteiger partial charge in [0.1, 0.15) is 0 Å². The summed E-state index contributed by atoms with van der Waals surface area (Å²) in [5.41, 5.74) is 0. The van der Waals surface area contributed by atoms with Gasteiger partial charge in [0, 0.05) is 13.2 Å². The van der Waals surface area contributed by atoms with Crippen LogP contribution in [-0.4, -0.2) is 39.5 Å². The molecule has 1 aromatic heterocycles. The molecule has 2 atom stereocenters. The fourth-order valence-electron chi connectivity index (χ4n) is 2.34. The third-order valence-electron chi connectivity index (χ3n) is 3.26. The molecule has 0 bridgehead atoms. The summed E-state index contributed by atoms with van der Waals surface area (Å²) in [4.78, 5) is 0. The molecule has 1 heterocycles. The number of methoxy groups -OCH3 is 1. The molecule has 2 rings (SSSR count). The summed E-state index contributed by atoms with van der Waals surface area (Å²) < 4.78 is 7.42. The van der Waals surface area contributed by atoms with Gasteiger partial charge >= 0.3 is 0 Å². The van der Waals surface area contributed by atoms with E-state index in [0.29, 0.717) is 18.6 Å². The first kappa shape index (κ1) is 12.4. The molecule has 96 valence electrons. The zero-order valence-electron chi connectivity index (χ0n) is 10.8. The van der Waals surface area contributed by atoms with Crippen LogP contribution in [0.2, 0.25) is 0 Å². The summed E-state index contributed by atoms with van der Waals surface area (Å²) in [6.07, 6.45) is 3.62. The van der Waals surface area contributed by atoms with Crippen molar-refractivity contribution in [3.63, 3.8) is 0 Å². The lowest BCUT2D eigenvalue weighted by Crippen LogP contribution is -2.28. The lowest BCUT2D eigenvalue weighted by Gasteiger charge is -2.19. The van der Waals surface area contributed by atoms with Crippen LogP contribution in [0.3, 0.4) is 0 Å². The zero-order valence-corrected chi connectivity index (χ0v) is 10.8. The Morgan fingerprint density at radius 3 is 3.00 bits per heavy atom. The Morgan fingerprint density at radius 1 is 1.47 bits per heavy atom. The first-order valence-electron chi connectivity index (χ1n) is 6.25. The Labute approximate surface area is 102 Å². The first-order chi connectivity index (χ1) is 8.22. The summed E-state index contributed by atoms with van der Waals surface area (Å²) in [5, 5.41) is 15.3. The molecule has 0 amide bonds. The summed E-state index contributed by atoms with van der Waals surface area (Å²) in [6.45, 7) is 4.93. The lowest BCUT2D eigenvalue weighted by molar-refractivity contribution is 0.0689. The highest BCUT2D eigenvalue weighted by Crippen LogP contribution is 2.31. The average Bonchev–Trinajstić information content (AvgIpc) is 2.93. The molecule has 0 saturated heterocycles. The van der Waals surface area contributed by atoms with Crippen molar-refractivity contribution in [1.29, 1.82) is 0 Å². The smallest absolute Gasteiger partial charge is 0.165 e. The van der Waals surface area contributed by atoms with Crippen LogP contribution in [0.15, 0.2) is 0 Å². The molecule has 1 aliphatic carbocycles. The van der Waals surface area contributed by atoms with Crippen molar-refractivity contribution in [3.8, 4) is 0 Å². The van der Waals surface area contributed by atoms with Crippen LogP contribution in [-0.2, 0) is 11.3 Å². The molecule has 0 radical (unpaired) electrons. The number of ether oxygens (including phenoxy) is 1. The van der Waals surface area contributed by atoms with Gasteiger partial charge in [-0.3, -0.25) is 0 Å². The van der Waals surface area contributed by atoms with Crippen molar-refractivity contribution in [1.82, 2.24) is 25.5 Å². The first-order valence-corrected chi connectivity index (χ1v) is 6.25. The summed E-state index contributed by atoms with van der Waals surface area (Å²) in [7, 11) is 1.76. The Kier molecular flexibility index (Phi) is 4.06. The largest absolute Gasteiger partial charge is 0.379 e. The van der Waals surface area contributed by atoms with Crippen LogP contribution in [0.1, 0.15) is 45.0 Å². The number of nitrogens with one attached hydrogen (secondary N) is 1. The fraction of sp³-hybridized carbons (Fsp3) is 0.909. The van der Waals surface area contributed by atoms with Crippen molar-refractivity contribution in [2.45, 2.75) is 57.8 Å². The van der Waals surface area contributed by atoms with Gasteiger partial charge in [-0.1, -0.05) is 13.8 Å². The predicted octanol–water partition coefficient (Wildman–Crippen LogP) is 0.911. The van der Waals surface area contributed by atoms with Crippen LogP contribution in [0, 0.1) is 0 Å². The predicted molar refractivity (Wildman–Crippen MR) is 63.5 cm³/mol. The second-order valence-corrected chi connectivity index (χ2v) is 4.85. The molecule has 1 aromatic rings. The maximum Gasteiger partial charge on any atom is 0.165 e. The molecule has 17 heavy (non-hydrogen) atoms. The molecule has 0 spiro atoms. The Balaban J connectivity index is 2.07. The molecule has 6 heteroatoms. The number of rotatable bonds is 5. The fourth-order valence-corrected chi connectivity index (χ4v) is 2.34. The molecular weight excluding hydrogens is 218 g/mol. The van der Waals surface area contributed by atoms with Gasteiger partial charge in [0.05, 0.1) is 18.7 Å². The van der Waals surface area contributed by atoms with Gasteiger partial charge in [-0.2, -0.15) is 0 Å². The van der Waals surface area contributed by atoms with E-state index in [1.54, 1.807) is 7.11 Å². The highest BCUT2D eigenvalue weighted by Gasteiger charge is 2.31. The number of hydrogen-bond donors (Lipinski definition) is 1. The molecule has 1 saturated carbocycles. The van der Waals surface area contributed by atoms with Crippen molar-refractivity contribution in [2.24, 2.45) is 0 Å². The van der Waals surface area contributed by atoms with Crippen LogP contribution in [0.25, 0.3) is 0 Å². The van der Waals surface area contributed by atoms with Gasteiger partial charge in [0.15, 0.2) is 5.82 Å². The SMILES string of the molecule is COC1CCCC1n1nnnc1CNC(C)C. The van der Waals surface area contributed by atoms with Crippen LogP contribution >= 0.6 is 0 Å². The van der Waals surface area contributed by atoms with E-state index in [1.807, 2.05) is 4.68 Å². The standard InChI is InChI=1S/C11H21N5O/c1-8(2)12-7-11-13-14-15-16(11)9-5-4-6-10(9)17-3/h8-10,12H,4-7H2,1-3H3. The molecule has 0 aliphatic heterocycles. The van der Waals surface area contributed by atoms with E-state index < -0.39 is 0 Å². The molecular formula is C11H21N5O. The van der Waals surface area contributed by atoms with Crippen molar-refractivity contribution in [2.75, 3.05) is 7.11 Å². The number of tetrazole rings is 1. The van der Waals surface area contributed by atoms with Gasteiger partial charge in [-0.05, 0) is 29.7 Å². The minimum absolute atomic E-state index is 0.247. The molecule has 0 aromatic carbocycles. The van der Waals surface area contributed by atoms with Gasteiger partial charge in [-0.15, -0.1) is 5.10 Å². The minimum Gasteiger partial charge on any atom is -0.379 e. The third-order valence-corrected chi connectivity index (χ3v) is 3.26. The second-order valence-electron chi connectivity index (χ2n) is 4.85. The summed E-state index contributed by atoms with van der Waals surface area (Å²) in [5.74, 6) is 0.896. The quantitative estimate of drug-likeness (QED) is 0.827. The molecule has 1 aliphatic rings. The van der Waals surface area contributed by atoms with Crippen molar-refractivity contribution in [3.05, 3.63) is 5.82 Å². The van der Waals surface area contributed by atoms with Crippen LogP contribution < -0.4 is 5.32 Å². The Bertz CT molecular complexity index is 351. The van der Waals surface area contributed by atoms with E-state index >= 15 is 0 Å². The summed E-state index contributed by atoms with van der Waals surface area (Å²) in [6, 6.07) is 0.723. The maximum absolute atomic E-state index is 5.49. The number of nitrogens with zero attached hydrogens (tertiary/aromatic N) is 4. The van der Waals surface area contributed by atoms with Gasteiger partial charge in [0.2, 0.25) is 0 Å². The maximum atomic E-state index is 5.49. The van der Waals surface area contributed by atoms with E-state index in [2.05, 4.69) is 34.7 Å². The third kappa shape index (κ3) is 2.81. The topological polar surface area (TPSA) is 64.9 Å². The van der Waals surface area contributed by atoms with Crippen molar-refractivity contribution < 1.29 is 4.74 Å². The monoisotopic (exact) mass is 239 g/mol. The highest BCUT2D eigenvalue weighted by atomic mass is 16.5. The van der Waals surface area contributed by atoms with E-state index in [1.165, 1.54) is 6.42 Å². The van der Waals surface area contributed by atoms with Gasteiger partial charge in [0.25, 0.3) is 0 Å². The summed E-state index contributed by atoms with van der Waals surface area (Å²) >= 11 is 0. The molecule has 1 N–H and O–H groups in total. The van der Waals surface area contributed by atoms with E-state index in [4.69, 9.17) is 4.74 Å². The van der Waals surface area contributed by atoms with Gasteiger partial charge in [-0.25, -0.2) is 4.68 Å². The van der Waals surface area contributed by atoms with E-state index in [0.717, 1.165) is 18.7 Å². The second kappa shape index (κ2) is 5.55. The lowest BCUT2D eigenvalue weighted by atomic mass is 10.2. The molecule has 1 fully saturated rings. The highest BCUT2D eigenvalue weighted by molar-refractivity contribution is 4.90. The normalized spacial score (nSPS) is 24.7. The van der Waals surface area contributed by atoms with Crippen LogP contribution in [0.4, 0.5) is 0 Å². The van der Waals surface area contributed by atoms with E-state index in [9.17, 15) is 0 Å². The Hall–Kier alpha value is -1.01. The molecule has 2 unspecified atom stereocenters. The zero-order chi connectivity index (χ0) is 12.3. The minimum atomic E-state index is 0.247. The number of aromatic nitrogens is 4. The number of hydrogen-bond acceptors (Lipinski definition) is 5. The van der Waals surface area contributed by atoms with Crippen LogP contribution in [0.5, 0.6) is 0 Å². The Morgan fingerprint density at radius 2 is 2.29 bits per heavy atom.